The Balaban J connectivity index is 1.34. The Morgan fingerprint density at radius 1 is 1.06 bits per heavy atom. The van der Waals surface area contributed by atoms with Crippen LogP contribution in [0.3, 0.4) is 0 Å². The van der Waals surface area contributed by atoms with Crippen LogP contribution in [0.2, 0.25) is 0 Å². The standard InChI is InChI=1S/C33H40F2N8O4/c1-20(44)41-13-9-26-25(18-41)31(38-43(26)21-7-11-40(12-8-21)32(45)47-33(2,3)4)39(5)28-16-23(30(34)35)24(17-37-28)22-15-29-36-10-14-42(29)19-27(22)46-6/h10,14-17,19,21,30H,7-9,11-13,18H2,1-6H3. The van der Waals surface area contributed by atoms with Crippen molar-refractivity contribution in [3.8, 4) is 16.9 Å². The first-order valence-electron chi connectivity index (χ1n) is 15.7. The van der Waals surface area contributed by atoms with Gasteiger partial charge < -0.3 is 28.6 Å². The van der Waals surface area contributed by atoms with Crippen LogP contribution in [0.5, 0.6) is 5.75 Å². The molecule has 6 rings (SSSR count). The maximum Gasteiger partial charge on any atom is 0.410 e. The Bertz CT molecular complexity index is 1810. The van der Waals surface area contributed by atoms with Crippen molar-refractivity contribution in [2.24, 2.45) is 0 Å². The van der Waals surface area contributed by atoms with Crippen molar-refractivity contribution < 1.29 is 27.8 Å². The van der Waals surface area contributed by atoms with Gasteiger partial charge >= 0.3 is 6.09 Å². The molecule has 0 bridgehead atoms. The molecule has 47 heavy (non-hydrogen) atoms. The highest BCUT2D eigenvalue weighted by Gasteiger charge is 2.34. The lowest BCUT2D eigenvalue weighted by Crippen LogP contribution is -2.42. The van der Waals surface area contributed by atoms with Crippen LogP contribution in [-0.4, -0.2) is 85.3 Å². The zero-order chi connectivity index (χ0) is 33.6. The van der Waals surface area contributed by atoms with Gasteiger partial charge in [0.05, 0.1) is 25.9 Å². The number of halogens is 2. The van der Waals surface area contributed by atoms with E-state index in [4.69, 9.17) is 14.6 Å². The van der Waals surface area contributed by atoms with Gasteiger partial charge in [0.2, 0.25) is 5.91 Å². The smallest absolute Gasteiger partial charge is 0.410 e. The molecular formula is C33H40F2N8O4. The van der Waals surface area contributed by atoms with E-state index in [1.54, 1.807) is 50.8 Å². The van der Waals surface area contributed by atoms with E-state index in [2.05, 4.69) is 9.97 Å². The first-order chi connectivity index (χ1) is 22.3. The van der Waals surface area contributed by atoms with Crippen LogP contribution in [0.25, 0.3) is 16.8 Å². The van der Waals surface area contributed by atoms with Crippen molar-refractivity contribution in [1.82, 2.24) is 33.9 Å². The Morgan fingerprint density at radius 3 is 2.47 bits per heavy atom. The maximum absolute atomic E-state index is 14.7. The minimum atomic E-state index is -2.80. The number of fused-ring (bicyclic) bond motifs is 2. The van der Waals surface area contributed by atoms with Crippen molar-refractivity contribution in [3.05, 3.63) is 53.7 Å². The monoisotopic (exact) mass is 650 g/mol. The van der Waals surface area contributed by atoms with Gasteiger partial charge in [0.15, 0.2) is 5.82 Å². The van der Waals surface area contributed by atoms with Crippen LogP contribution >= 0.6 is 0 Å². The number of carbonyl (C=O) groups excluding carboxylic acids is 2. The van der Waals surface area contributed by atoms with E-state index in [1.165, 1.54) is 26.3 Å². The number of piperidine rings is 1. The van der Waals surface area contributed by atoms with Gasteiger partial charge in [-0.2, -0.15) is 5.10 Å². The number of pyridine rings is 2. The molecule has 4 aromatic heterocycles. The number of aromatic nitrogens is 5. The van der Waals surface area contributed by atoms with Gasteiger partial charge in [-0.1, -0.05) is 0 Å². The maximum atomic E-state index is 14.7. The predicted octanol–water partition coefficient (Wildman–Crippen LogP) is 5.78. The average molecular weight is 651 g/mol. The van der Waals surface area contributed by atoms with E-state index < -0.39 is 12.0 Å². The molecule has 6 heterocycles. The van der Waals surface area contributed by atoms with E-state index >= 15 is 0 Å². The summed E-state index contributed by atoms with van der Waals surface area (Å²) in [6.45, 7) is 9.03. The van der Waals surface area contributed by atoms with E-state index in [9.17, 15) is 18.4 Å². The van der Waals surface area contributed by atoms with Crippen LogP contribution < -0.4 is 9.64 Å². The lowest BCUT2D eigenvalue weighted by atomic mass is 10.0. The first kappa shape index (κ1) is 32.2. The molecule has 0 spiro atoms. The summed E-state index contributed by atoms with van der Waals surface area (Å²) in [5.74, 6) is 1.21. The van der Waals surface area contributed by atoms with Crippen LogP contribution in [0.4, 0.5) is 25.2 Å². The molecule has 0 aromatic carbocycles. The molecule has 0 saturated carbocycles. The summed E-state index contributed by atoms with van der Waals surface area (Å²) in [5, 5.41) is 5.04. The SMILES string of the molecule is COc1cn2ccnc2cc1-c1cnc(N(C)c2nn(C3CCN(C(=O)OC(C)(C)C)CC3)c3c2CN(C(C)=O)CC3)cc1C(F)F. The molecule has 0 unspecified atom stereocenters. The van der Waals surface area contributed by atoms with Gasteiger partial charge in [-0.05, 0) is 45.7 Å². The number of amides is 2. The van der Waals surface area contributed by atoms with Gasteiger partial charge in [-0.25, -0.2) is 23.5 Å². The molecule has 0 radical (unpaired) electrons. The summed E-state index contributed by atoms with van der Waals surface area (Å²) >= 11 is 0. The molecule has 1 saturated heterocycles. The molecule has 1 fully saturated rings. The first-order valence-corrected chi connectivity index (χ1v) is 15.7. The number of carbonyl (C=O) groups is 2. The highest BCUT2D eigenvalue weighted by molar-refractivity contribution is 5.78. The van der Waals surface area contributed by atoms with Crippen molar-refractivity contribution in [2.75, 3.05) is 38.7 Å². The quantitative estimate of drug-likeness (QED) is 0.258. The normalized spacial score (nSPS) is 15.7. The lowest BCUT2D eigenvalue weighted by molar-refractivity contribution is -0.129. The van der Waals surface area contributed by atoms with Crippen molar-refractivity contribution >= 4 is 29.3 Å². The Morgan fingerprint density at radius 2 is 1.81 bits per heavy atom. The molecule has 2 aliphatic heterocycles. The third kappa shape index (κ3) is 6.32. The Kier molecular flexibility index (Phi) is 8.53. The highest BCUT2D eigenvalue weighted by atomic mass is 19.3. The zero-order valence-electron chi connectivity index (χ0n) is 27.5. The number of ether oxygens (including phenoxy) is 2. The second-order valence-electron chi connectivity index (χ2n) is 13.0. The number of nitrogens with zero attached hydrogens (tertiary/aromatic N) is 8. The number of imidazole rings is 1. The molecule has 250 valence electrons. The molecule has 12 nitrogen and oxygen atoms in total. The Hall–Kier alpha value is -4.75. The molecule has 0 N–H and O–H groups in total. The molecular weight excluding hydrogens is 610 g/mol. The highest BCUT2D eigenvalue weighted by Crippen LogP contribution is 2.40. The molecule has 2 aliphatic rings. The lowest BCUT2D eigenvalue weighted by Gasteiger charge is -2.34. The van der Waals surface area contributed by atoms with E-state index in [-0.39, 0.29) is 35.0 Å². The summed E-state index contributed by atoms with van der Waals surface area (Å²) < 4.78 is 44.2. The van der Waals surface area contributed by atoms with Gasteiger partial charge in [0.1, 0.15) is 22.8 Å². The van der Waals surface area contributed by atoms with Crippen molar-refractivity contribution in [3.63, 3.8) is 0 Å². The molecule has 0 aliphatic carbocycles. The molecule has 4 aromatic rings. The van der Waals surface area contributed by atoms with Gasteiger partial charge in [-0.15, -0.1) is 0 Å². The predicted molar refractivity (Wildman–Crippen MR) is 171 cm³/mol. The topological polar surface area (TPSA) is 110 Å². The summed E-state index contributed by atoms with van der Waals surface area (Å²) in [7, 11) is 3.24. The fraction of sp³-hybridized carbons (Fsp3) is 0.485. The van der Waals surface area contributed by atoms with Gasteiger partial charge in [0.25, 0.3) is 6.43 Å². The number of anilines is 2. The van der Waals surface area contributed by atoms with Crippen LogP contribution in [0.15, 0.2) is 36.9 Å². The minimum absolute atomic E-state index is 0.0190. The largest absolute Gasteiger partial charge is 0.495 e. The van der Waals surface area contributed by atoms with Crippen molar-refractivity contribution in [1.29, 1.82) is 0 Å². The van der Waals surface area contributed by atoms with E-state index in [1.807, 2.05) is 25.5 Å². The summed E-state index contributed by atoms with van der Waals surface area (Å²) in [5.41, 5.74) is 2.37. The second-order valence-corrected chi connectivity index (χ2v) is 13.0. The van der Waals surface area contributed by atoms with Crippen LogP contribution in [0, 0.1) is 0 Å². The molecule has 14 heteroatoms. The third-order valence-electron chi connectivity index (χ3n) is 8.79. The fourth-order valence-electron chi connectivity index (χ4n) is 6.36. The second kappa shape index (κ2) is 12.5. The average Bonchev–Trinajstić information content (AvgIpc) is 3.66. The number of alkyl halides is 2. The summed E-state index contributed by atoms with van der Waals surface area (Å²) in [6, 6.07) is 3.10. The van der Waals surface area contributed by atoms with Gasteiger partial charge in [-0.3, -0.25) is 9.48 Å². The van der Waals surface area contributed by atoms with Crippen LogP contribution in [-0.2, 0) is 22.5 Å². The van der Waals surface area contributed by atoms with E-state index in [0.29, 0.717) is 68.2 Å². The molecule has 0 atom stereocenters. The Labute approximate surface area is 271 Å². The zero-order valence-corrected chi connectivity index (χ0v) is 27.5. The number of rotatable bonds is 6. The van der Waals surface area contributed by atoms with Crippen molar-refractivity contribution in [2.45, 2.75) is 71.6 Å². The fourth-order valence-corrected chi connectivity index (χ4v) is 6.36. The number of methoxy groups -OCH3 is 1. The molecule has 2 amide bonds. The van der Waals surface area contributed by atoms with Gasteiger partial charge in [0, 0.05) is 86.6 Å². The third-order valence-corrected chi connectivity index (χ3v) is 8.79. The summed E-state index contributed by atoms with van der Waals surface area (Å²) in [6.07, 6.45) is 5.35. The number of likely N-dealkylation sites (tertiary alicyclic amines) is 1. The number of hydrogen-bond donors (Lipinski definition) is 0. The summed E-state index contributed by atoms with van der Waals surface area (Å²) in [4.78, 5) is 39.2. The number of hydrogen-bond acceptors (Lipinski definition) is 8. The minimum Gasteiger partial charge on any atom is -0.495 e. The van der Waals surface area contributed by atoms with E-state index in [0.717, 1.165) is 11.3 Å². The van der Waals surface area contributed by atoms with Crippen LogP contribution in [0.1, 0.15) is 69.8 Å².